The first-order valence-corrected chi connectivity index (χ1v) is 14.0. The summed E-state index contributed by atoms with van der Waals surface area (Å²) in [4.78, 5) is 13.9. The number of para-hydroxylation sites is 1. The molecule has 188 valence electrons. The van der Waals surface area contributed by atoms with Crippen LogP contribution < -0.4 is 0 Å². The summed E-state index contributed by atoms with van der Waals surface area (Å²) in [7, 11) is 0. The molecule has 0 N–H and O–H groups in total. The van der Waals surface area contributed by atoms with Gasteiger partial charge in [-0.2, -0.15) is 0 Å². The minimum Gasteiger partial charge on any atom is -0.309 e. The van der Waals surface area contributed by atoms with Crippen LogP contribution in [-0.4, -0.2) is 19.5 Å². The number of hydrogen-bond donors (Lipinski definition) is 0. The fraction of sp³-hybridized carbons (Fsp3) is 0. The van der Waals surface area contributed by atoms with Gasteiger partial charge in [0.15, 0.2) is 0 Å². The highest BCUT2D eigenvalue weighted by Gasteiger charge is 2.16. The molecule has 4 aromatic heterocycles. The molecular formula is C35H22N4S. The van der Waals surface area contributed by atoms with Crippen molar-refractivity contribution >= 4 is 43.4 Å². The van der Waals surface area contributed by atoms with E-state index in [1.54, 1.807) is 11.3 Å². The van der Waals surface area contributed by atoms with Crippen LogP contribution in [0.25, 0.3) is 70.7 Å². The monoisotopic (exact) mass is 530 g/mol. The Morgan fingerprint density at radius 2 is 1.48 bits per heavy atom. The lowest BCUT2D eigenvalue weighted by Gasteiger charge is -2.11. The second kappa shape index (κ2) is 9.26. The molecule has 4 heterocycles. The summed E-state index contributed by atoms with van der Waals surface area (Å²) in [6.07, 6.45) is 5.57. The molecule has 4 aromatic carbocycles. The summed E-state index contributed by atoms with van der Waals surface area (Å²) in [6.45, 7) is 0. The molecular weight excluding hydrogens is 508 g/mol. The quantitative estimate of drug-likeness (QED) is 0.228. The summed E-state index contributed by atoms with van der Waals surface area (Å²) in [5.41, 5.74) is 9.85. The van der Waals surface area contributed by atoms with Crippen molar-refractivity contribution in [3.8, 4) is 38.6 Å². The highest BCUT2D eigenvalue weighted by molar-refractivity contribution is 7.21. The lowest BCUT2D eigenvalue weighted by molar-refractivity contribution is 1.18. The third kappa shape index (κ3) is 3.79. The average Bonchev–Trinajstić information content (AvgIpc) is 3.61. The van der Waals surface area contributed by atoms with E-state index in [0.717, 1.165) is 55.2 Å². The number of fused-ring (bicyclic) bond motifs is 4. The van der Waals surface area contributed by atoms with E-state index in [4.69, 9.17) is 4.98 Å². The van der Waals surface area contributed by atoms with Crippen molar-refractivity contribution in [1.82, 2.24) is 19.5 Å². The van der Waals surface area contributed by atoms with Gasteiger partial charge in [-0.1, -0.05) is 54.6 Å². The molecule has 8 aromatic rings. The Hall–Kier alpha value is -5.13. The molecule has 0 saturated carbocycles. The zero-order valence-electron chi connectivity index (χ0n) is 21.4. The topological polar surface area (TPSA) is 43.6 Å². The molecule has 0 bridgehead atoms. The number of nitrogens with zero attached hydrogens (tertiary/aromatic N) is 4. The zero-order chi connectivity index (χ0) is 26.5. The van der Waals surface area contributed by atoms with Crippen molar-refractivity contribution in [2.24, 2.45) is 0 Å². The standard InChI is InChI=1S/C35H22N4S/c1-2-12-34-31(11-1)38-35(40-34)25-13-15-28-29-20-23(26-8-6-17-36-22-26)14-16-32(29)39(33(28)21-25)27-9-5-7-24(19-27)30-10-3-4-18-37-30/h1-22H. The van der Waals surface area contributed by atoms with Gasteiger partial charge < -0.3 is 4.57 Å². The molecule has 0 aliphatic heterocycles. The molecule has 0 aliphatic rings. The van der Waals surface area contributed by atoms with Gasteiger partial charge in [0.1, 0.15) is 5.01 Å². The van der Waals surface area contributed by atoms with Crippen molar-refractivity contribution in [2.75, 3.05) is 0 Å². The van der Waals surface area contributed by atoms with Crippen molar-refractivity contribution in [2.45, 2.75) is 0 Å². The Kier molecular flexibility index (Phi) is 5.28. The normalized spacial score (nSPS) is 11.5. The van der Waals surface area contributed by atoms with Crippen LogP contribution in [0.2, 0.25) is 0 Å². The van der Waals surface area contributed by atoms with Crippen LogP contribution in [0.15, 0.2) is 134 Å². The van der Waals surface area contributed by atoms with Crippen molar-refractivity contribution < 1.29 is 0 Å². The summed E-state index contributed by atoms with van der Waals surface area (Å²) in [6, 6.07) is 40.5. The molecule has 0 radical (unpaired) electrons. The maximum absolute atomic E-state index is 4.95. The Morgan fingerprint density at radius 3 is 2.35 bits per heavy atom. The Bertz CT molecular complexity index is 2130. The molecule has 40 heavy (non-hydrogen) atoms. The van der Waals surface area contributed by atoms with Gasteiger partial charge in [0.05, 0.1) is 26.9 Å². The molecule has 4 nitrogen and oxygen atoms in total. The number of thiazole rings is 1. The third-order valence-corrected chi connectivity index (χ3v) is 8.45. The van der Waals surface area contributed by atoms with Crippen LogP contribution in [0.4, 0.5) is 0 Å². The van der Waals surface area contributed by atoms with E-state index >= 15 is 0 Å². The molecule has 0 aliphatic carbocycles. The molecule has 0 fully saturated rings. The summed E-state index contributed by atoms with van der Waals surface area (Å²) in [5, 5.41) is 3.43. The van der Waals surface area contributed by atoms with E-state index in [2.05, 4.69) is 106 Å². The number of benzene rings is 4. The van der Waals surface area contributed by atoms with Crippen LogP contribution >= 0.6 is 11.3 Å². The van der Waals surface area contributed by atoms with Crippen LogP contribution in [0.5, 0.6) is 0 Å². The summed E-state index contributed by atoms with van der Waals surface area (Å²) in [5.74, 6) is 0. The zero-order valence-corrected chi connectivity index (χ0v) is 22.2. The van der Waals surface area contributed by atoms with E-state index < -0.39 is 0 Å². The maximum Gasteiger partial charge on any atom is 0.124 e. The highest BCUT2D eigenvalue weighted by Crippen LogP contribution is 2.38. The highest BCUT2D eigenvalue weighted by atomic mass is 32.1. The molecule has 0 saturated heterocycles. The Morgan fingerprint density at radius 1 is 0.575 bits per heavy atom. The van der Waals surface area contributed by atoms with Gasteiger partial charge in [-0.3, -0.25) is 9.97 Å². The van der Waals surface area contributed by atoms with Crippen LogP contribution in [0.1, 0.15) is 0 Å². The lowest BCUT2D eigenvalue weighted by atomic mass is 10.0. The first-order valence-electron chi connectivity index (χ1n) is 13.2. The fourth-order valence-electron chi connectivity index (χ4n) is 5.48. The van der Waals surface area contributed by atoms with Gasteiger partial charge in [-0.05, 0) is 66.2 Å². The van der Waals surface area contributed by atoms with Gasteiger partial charge >= 0.3 is 0 Å². The van der Waals surface area contributed by atoms with E-state index in [1.807, 2.05) is 42.9 Å². The molecule has 0 unspecified atom stereocenters. The molecule has 0 spiro atoms. The van der Waals surface area contributed by atoms with Crippen molar-refractivity contribution in [3.05, 3.63) is 134 Å². The van der Waals surface area contributed by atoms with E-state index in [-0.39, 0.29) is 0 Å². The Balaban J connectivity index is 1.39. The molecule has 0 atom stereocenters. The van der Waals surface area contributed by atoms with Gasteiger partial charge in [-0.25, -0.2) is 4.98 Å². The summed E-state index contributed by atoms with van der Waals surface area (Å²) < 4.78 is 3.56. The second-order valence-electron chi connectivity index (χ2n) is 9.79. The smallest absolute Gasteiger partial charge is 0.124 e. The minimum atomic E-state index is 0.958. The fourth-order valence-corrected chi connectivity index (χ4v) is 6.44. The van der Waals surface area contributed by atoms with Crippen LogP contribution in [0.3, 0.4) is 0 Å². The van der Waals surface area contributed by atoms with Gasteiger partial charge in [-0.15, -0.1) is 11.3 Å². The van der Waals surface area contributed by atoms with Gasteiger partial charge in [0.25, 0.3) is 0 Å². The average molecular weight is 531 g/mol. The maximum atomic E-state index is 4.95. The third-order valence-electron chi connectivity index (χ3n) is 7.37. The number of aromatic nitrogens is 4. The minimum absolute atomic E-state index is 0.958. The second-order valence-corrected chi connectivity index (χ2v) is 10.8. The number of rotatable bonds is 4. The number of hydrogen-bond acceptors (Lipinski definition) is 4. The van der Waals surface area contributed by atoms with Gasteiger partial charge in [0, 0.05) is 51.7 Å². The summed E-state index contributed by atoms with van der Waals surface area (Å²) >= 11 is 1.73. The van der Waals surface area contributed by atoms with Gasteiger partial charge in [0.2, 0.25) is 0 Å². The first kappa shape index (κ1) is 22.8. The predicted octanol–water partition coefficient (Wildman–Crippen LogP) is 9.18. The van der Waals surface area contributed by atoms with E-state index in [9.17, 15) is 0 Å². The molecule has 0 amide bonds. The Labute approximate surface area is 234 Å². The number of pyridine rings is 2. The van der Waals surface area contributed by atoms with Crippen molar-refractivity contribution in [3.63, 3.8) is 0 Å². The van der Waals surface area contributed by atoms with E-state index in [1.165, 1.54) is 15.5 Å². The molecule has 5 heteroatoms. The largest absolute Gasteiger partial charge is 0.309 e. The van der Waals surface area contributed by atoms with E-state index in [0.29, 0.717) is 0 Å². The molecule has 8 rings (SSSR count). The van der Waals surface area contributed by atoms with Crippen LogP contribution in [0, 0.1) is 0 Å². The van der Waals surface area contributed by atoms with Crippen LogP contribution in [-0.2, 0) is 0 Å². The lowest BCUT2D eigenvalue weighted by Crippen LogP contribution is -1.95. The van der Waals surface area contributed by atoms with Crippen molar-refractivity contribution in [1.29, 1.82) is 0 Å². The SMILES string of the molecule is c1ccc(-c2cccc(-n3c4ccc(-c5cccnc5)cc4c4ccc(-c5nc6ccccc6s5)cc43)c2)nc1. The first-order chi connectivity index (χ1) is 19.8. The predicted molar refractivity (Wildman–Crippen MR) is 166 cm³/mol.